The summed E-state index contributed by atoms with van der Waals surface area (Å²) in [5.41, 5.74) is 0. The van der Waals surface area contributed by atoms with Gasteiger partial charge in [-0.25, -0.2) is 0 Å². The smallest absolute Gasteiger partial charge is 0.308 e. The van der Waals surface area contributed by atoms with Crippen molar-refractivity contribution in [1.82, 2.24) is 5.32 Å². The fraction of sp³-hybridized carbons (Fsp3) is 0.923. The Labute approximate surface area is 110 Å². The normalized spacial score (nSPS) is 12.7. The Balaban J connectivity index is 3.30. The molecule has 0 aromatic heterocycles. The predicted molar refractivity (Wildman–Crippen MR) is 70.4 cm³/mol. The molecule has 0 amide bonds. The lowest BCUT2D eigenvalue weighted by atomic mass is 10.1. The Hall–Kier alpha value is -0.650. The zero-order valence-electron chi connectivity index (χ0n) is 11.8. The van der Waals surface area contributed by atoms with Gasteiger partial charge in [0.05, 0.1) is 25.7 Å². The highest BCUT2D eigenvalue weighted by atomic mass is 16.5. The molecule has 5 nitrogen and oxygen atoms in total. The summed E-state index contributed by atoms with van der Waals surface area (Å²) >= 11 is 0. The Morgan fingerprint density at radius 2 is 2.06 bits per heavy atom. The second-order valence-corrected chi connectivity index (χ2v) is 4.66. The van der Waals surface area contributed by atoms with E-state index in [0.717, 1.165) is 13.0 Å². The van der Waals surface area contributed by atoms with Gasteiger partial charge in [0.2, 0.25) is 0 Å². The minimum absolute atomic E-state index is 0.0368. The van der Waals surface area contributed by atoms with Crippen LogP contribution >= 0.6 is 0 Å². The average Bonchev–Trinajstić information content (AvgIpc) is 2.27. The maximum Gasteiger partial charge on any atom is 0.308 e. The third kappa shape index (κ3) is 11.8. The second kappa shape index (κ2) is 11.4. The van der Waals surface area contributed by atoms with Crippen LogP contribution in [-0.4, -0.2) is 50.1 Å². The highest BCUT2D eigenvalue weighted by molar-refractivity contribution is 5.69. The Bertz CT molecular complexity index is 209. The molecule has 1 unspecified atom stereocenters. The molecule has 5 heteroatoms. The van der Waals surface area contributed by atoms with E-state index >= 15 is 0 Å². The van der Waals surface area contributed by atoms with Crippen molar-refractivity contribution in [3.05, 3.63) is 0 Å². The molecule has 0 aliphatic heterocycles. The van der Waals surface area contributed by atoms with E-state index in [2.05, 4.69) is 19.2 Å². The summed E-state index contributed by atoms with van der Waals surface area (Å²) in [6, 6.07) is 0. The van der Waals surface area contributed by atoms with Crippen LogP contribution in [0.1, 0.15) is 33.6 Å². The Kier molecular flexibility index (Phi) is 11.0. The van der Waals surface area contributed by atoms with E-state index in [1.54, 1.807) is 6.92 Å². The van der Waals surface area contributed by atoms with Crippen LogP contribution in [0.15, 0.2) is 0 Å². The SMILES string of the molecule is CCOC(=O)CC(O)CNCCOCCC(C)C. The van der Waals surface area contributed by atoms with Gasteiger partial charge >= 0.3 is 5.97 Å². The first-order valence-electron chi connectivity index (χ1n) is 6.68. The number of nitrogens with one attached hydrogen (secondary N) is 1. The van der Waals surface area contributed by atoms with Crippen LogP contribution in [0.3, 0.4) is 0 Å². The number of hydrogen-bond donors (Lipinski definition) is 2. The minimum Gasteiger partial charge on any atom is -0.466 e. The van der Waals surface area contributed by atoms with Crippen molar-refractivity contribution in [2.75, 3.05) is 32.9 Å². The predicted octanol–water partition coefficient (Wildman–Crippen LogP) is 0.953. The molecule has 0 aliphatic carbocycles. The van der Waals surface area contributed by atoms with E-state index in [9.17, 15) is 9.90 Å². The number of aliphatic hydroxyl groups excluding tert-OH is 1. The van der Waals surface area contributed by atoms with Gasteiger partial charge in [0, 0.05) is 19.7 Å². The van der Waals surface area contributed by atoms with Gasteiger partial charge in [-0.05, 0) is 19.3 Å². The molecule has 0 aromatic carbocycles. The molecule has 0 fully saturated rings. The van der Waals surface area contributed by atoms with Crippen LogP contribution < -0.4 is 5.32 Å². The van der Waals surface area contributed by atoms with Gasteiger partial charge in [0.25, 0.3) is 0 Å². The fourth-order valence-corrected chi connectivity index (χ4v) is 1.32. The summed E-state index contributed by atoms with van der Waals surface area (Å²) in [7, 11) is 0. The monoisotopic (exact) mass is 261 g/mol. The molecule has 0 rings (SSSR count). The quantitative estimate of drug-likeness (QED) is 0.428. The van der Waals surface area contributed by atoms with Crippen LogP contribution in [0.5, 0.6) is 0 Å². The zero-order valence-corrected chi connectivity index (χ0v) is 11.8. The van der Waals surface area contributed by atoms with E-state index in [4.69, 9.17) is 9.47 Å². The van der Waals surface area contributed by atoms with Crippen molar-refractivity contribution >= 4 is 5.97 Å². The van der Waals surface area contributed by atoms with E-state index < -0.39 is 6.10 Å². The van der Waals surface area contributed by atoms with Crippen LogP contribution in [0, 0.1) is 5.92 Å². The van der Waals surface area contributed by atoms with Gasteiger partial charge in [0.1, 0.15) is 0 Å². The number of hydrogen-bond acceptors (Lipinski definition) is 5. The van der Waals surface area contributed by atoms with Crippen LogP contribution in [0.2, 0.25) is 0 Å². The molecule has 0 saturated heterocycles. The van der Waals surface area contributed by atoms with E-state index in [1.807, 2.05) is 0 Å². The number of esters is 1. The van der Waals surface area contributed by atoms with Crippen LogP contribution in [-0.2, 0) is 14.3 Å². The Morgan fingerprint density at radius 1 is 1.33 bits per heavy atom. The van der Waals surface area contributed by atoms with Crippen molar-refractivity contribution in [2.24, 2.45) is 5.92 Å². The third-order valence-corrected chi connectivity index (χ3v) is 2.35. The number of carbonyl (C=O) groups excluding carboxylic acids is 1. The minimum atomic E-state index is -0.695. The highest BCUT2D eigenvalue weighted by Crippen LogP contribution is 1.98. The lowest BCUT2D eigenvalue weighted by molar-refractivity contribution is -0.145. The van der Waals surface area contributed by atoms with Crippen molar-refractivity contribution in [1.29, 1.82) is 0 Å². The van der Waals surface area contributed by atoms with Gasteiger partial charge in [-0.3, -0.25) is 4.79 Å². The van der Waals surface area contributed by atoms with Gasteiger partial charge < -0.3 is 19.9 Å². The molecule has 0 heterocycles. The number of rotatable bonds is 11. The lowest BCUT2D eigenvalue weighted by Gasteiger charge is -2.11. The molecule has 1 atom stereocenters. The first-order valence-corrected chi connectivity index (χ1v) is 6.68. The standard InChI is InChI=1S/C13H27NO4/c1-4-18-13(16)9-12(15)10-14-6-8-17-7-5-11(2)3/h11-12,14-15H,4-10H2,1-3H3. The molecule has 0 spiro atoms. The first-order chi connectivity index (χ1) is 8.56. The largest absolute Gasteiger partial charge is 0.466 e. The lowest BCUT2D eigenvalue weighted by Crippen LogP contribution is -2.31. The third-order valence-electron chi connectivity index (χ3n) is 2.35. The molecule has 0 saturated carbocycles. The summed E-state index contributed by atoms with van der Waals surface area (Å²) < 4.78 is 10.2. The molecular formula is C13H27NO4. The second-order valence-electron chi connectivity index (χ2n) is 4.66. The molecule has 18 heavy (non-hydrogen) atoms. The average molecular weight is 261 g/mol. The van der Waals surface area contributed by atoms with Crippen molar-refractivity contribution in [2.45, 2.75) is 39.7 Å². The number of carbonyl (C=O) groups is 1. The maximum absolute atomic E-state index is 11.1. The van der Waals surface area contributed by atoms with Crippen LogP contribution in [0.25, 0.3) is 0 Å². The van der Waals surface area contributed by atoms with Gasteiger partial charge in [-0.2, -0.15) is 0 Å². The Morgan fingerprint density at radius 3 is 2.67 bits per heavy atom. The maximum atomic E-state index is 11.1. The van der Waals surface area contributed by atoms with Gasteiger partial charge in [0.15, 0.2) is 0 Å². The summed E-state index contributed by atoms with van der Waals surface area (Å²) in [6.07, 6.45) is 0.403. The van der Waals surface area contributed by atoms with Crippen molar-refractivity contribution < 1.29 is 19.4 Å². The van der Waals surface area contributed by atoms with Crippen molar-refractivity contribution in [3.8, 4) is 0 Å². The molecule has 0 bridgehead atoms. The topological polar surface area (TPSA) is 67.8 Å². The fourth-order valence-electron chi connectivity index (χ4n) is 1.32. The summed E-state index contributed by atoms with van der Waals surface area (Å²) in [6.45, 7) is 8.87. The van der Waals surface area contributed by atoms with E-state index in [-0.39, 0.29) is 12.4 Å². The van der Waals surface area contributed by atoms with Crippen molar-refractivity contribution in [3.63, 3.8) is 0 Å². The number of ether oxygens (including phenoxy) is 2. The summed E-state index contributed by atoms with van der Waals surface area (Å²) in [5.74, 6) is 0.296. The van der Waals surface area contributed by atoms with Gasteiger partial charge in [-0.15, -0.1) is 0 Å². The van der Waals surface area contributed by atoms with E-state index in [0.29, 0.717) is 32.2 Å². The summed E-state index contributed by atoms with van der Waals surface area (Å²) in [4.78, 5) is 11.1. The molecular weight excluding hydrogens is 234 g/mol. The zero-order chi connectivity index (χ0) is 13.8. The molecule has 2 N–H and O–H groups in total. The summed E-state index contributed by atoms with van der Waals surface area (Å²) in [5, 5.41) is 12.6. The van der Waals surface area contributed by atoms with Gasteiger partial charge in [-0.1, -0.05) is 13.8 Å². The molecule has 0 radical (unpaired) electrons. The van der Waals surface area contributed by atoms with E-state index in [1.165, 1.54) is 0 Å². The number of aliphatic hydroxyl groups is 1. The first kappa shape index (κ1) is 17.4. The highest BCUT2D eigenvalue weighted by Gasteiger charge is 2.10. The molecule has 0 aromatic rings. The molecule has 0 aliphatic rings. The van der Waals surface area contributed by atoms with Crippen LogP contribution in [0.4, 0.5) is 0 Å². The molecule has 108 valence electrons.